The van der Waals surface area contributed by atoms with Crippen LogP contribution in [0.25, 0.3) is 0 Å². The molecule has 1 fully saturated rings. The van der Waals surface area contributed by atoms with E-state index < -0.39 is 0 Å². The predicted octanol–water partition coefficient (Wildman–Crippen LogP) is 2.96. The number of carbonyl (C=O) groups is 1. The van der Waals surface area contributed by atoms with Gasteiger partial charge in [0.1, 0.15) is 0 Å². The number of nitrogens with one attached hydrogen (secondary N) is 2. The third-order valence-corrected chi connectivity index (χ3v) is 4.40. The van der Waals surface area contributed by atoms with Crippen molar-refractivity contribution in [2.45, 2.75) is 45.4 Å². The van der Waals surface area contributed by atoms with Gasteiger partial charge in [0.2, 0.25) is 0 Å². The number of hydrogen-bond donors (Lipinski definition) is 2. The van der Waals surface area contributed by atoms with Gasteiger partial charge in [-0.25, -0.2) is 15.2 Å². The van der Waals surface area contributed by atoms with Gasteiger partial charge in [0, 0.05) is 24.2 Å². The summed E-state index contributed by atoms with van der Waals surface area (Å²) < 4.78 is 0. The molecule has 19 heavy (non-hydrogen) atoms. The van der Waals surface area contributed by atoms with Gasteiger partial charge in [-0.15, -0.1) is 11.3 Å². The SMILES string of the molecule is CC(C)(C)c1cnc(NC(=O)N2CCCCCN2)s1. The molecular formula is C13H22N4OS. The van der Waals surface area contributed by atoms with Crippen LogP contribution >= 0.6 is 11.3 Å². The fraction of sp³-hybridized carbons (Fsp3) is 0.692. The zero-order chi connectivity index (χ0) is 13.9. The number of rotatable bonds is 1. The van der Waals surface area contributed by atoms with E-state index in [1.54, 1.807) is 5.01 Å². The molecule has 2 rings (SSSR count). The highest BCUT2D eigenvalue weighted by Crippen LogP contribution is 2.30. The topological polar surface area (TPSA) is 57.3 Å². The average Bonchev–Trinajstić information content (AvgIpc) is 2.63. The van der Waals surface area contributed by atoms with E-state index in [4.69, 9.17) is 0 Å². The zero-order valence-corrected chi connectivity index (χ0v) is 12.6. The number of nitrogens with zero attached hydrogens (tertiary/aromatic N) is 2. The van der Waals surface area contributed by atoms with Gasteiger partial charge in [0.25, 0.3) is 0 Å². The molecule has 0 unspecified atom stereocenters. The van der Waals surface area contributed by atoms with Gasteiger partial charge in [-0.1, -0.05) is 27.2 Å². The summed E-state index contributed by atoms with van der Waals surface area (Å²) in [4.78, 5) is 17.5. The van der Waals surface area contributed by atoms with Gasteiger partial charge < -0.3 is 0 Å². The van der Waals surface area contributed by atoms with Gasteiger partial charge in [0.05, 0.1) is 0 Å². The van der Waals surface area contributed by atoms with Crippen LogP contribution in [0.5, 0.6) is 0 Å². The average molecular weight is 282 g/mol. The number of aromatic nitrogens is 1. The van der Waals surface area contributed by atoms with Crippen LogP contribution in [0.15, 0.2) is 6.20 Å². The summed E-state index contributed by atoms with van der Waals surface area (Å²) in [7, 11) is 0. The van der Waals surface area contributed by atoms with Crippen molar-refractivity contribution < 1.29 is 4.79 Å². The first kappa shape index (κ1) is 14.3. The second-order valence-corrected chi connectivity index (χ2v) is 6.86. The van der Waals surface area contributed by atoms with Crippen LogP contribution in [0.1, 0.15) is 44.9 Å². The van der Waals surface area contributed by atoms with E-state index in [0.717, 1.165) is 25.9 Å². The van der Waals surface area contributed by atoms with Gasteiger partial charge in [-0.05, 0) is 18.3 Å². The van der Waals surface area contributed by atoms with Crippen LogP contribution in [-0.4, -0.2) is 29.1 Å². The van der Waals surface area contributed by atoms with Crippen molar-refractivity contribution in [1.82, 2.24) is 15.4 Å². The third kappa shape index (κ3) is 3.91. The maximum Gasteiger partial charge on any atom is 0.337 e. The fourth-order valence-electron chi connectivity index (χ4n) is 1.88. The monoisotopic (exact) mass is 282 g/mol. The number of hydrogen-bond acceptors (Lipinski definition) is 4. The van der Waals surface area contributed by atoms with Crippen LogP contribution in [0, 0.1) is 0 Å². The lowest BCUT2D eigenvalue weighted by Gasteiger charge is -2.20. The fourth-order valence-corrected chi connectivity index (χ4v) is 2.74. The molecule has 1 aliphatic rings. The molecule has 1 aromatic heterocycles. The molecule has 2 N–H and O–H groups in total. The molecule has 5 nitrogen and oxygen atoms in total. The molecule has 1 aliphatic heterocycles. The highest BCUT2D eigenvalue weighted by atomic mass is 32.1. The second kappa shape index (κ2) is 5.88. The van der Waals surface area contributed by atoms with Crippen LogP contribution in [0.3, 0.4) is 0 Å². The number of carbonyl (C=O) groups excluding carboxylic acids is 1. The minimum Gasteiger partial charge on any atom is -0.282 e. The lowest BCUT2D eigenvalue weighted by Crippen LogP contribution is -2.44. The molecule has 2 heterocycles. The molecule has 0 atom stereocenters. The summed E-state index contributed by atoms with van der Waals surface area (Å²) in [5.41, 5.74) is 3.21. The van der Waals surface area contributed by atoms with Crippen LogP contribution in [-0.2, 0) is 5.41 Å². The van der Waals surface area contributed by atoms with E-state index in [1.165, 1.54) is 22.6 Å². The van der Waals surface area contributed by atoms with Gasteiger partial charge in [0.15, 0.2) is 5.13 Å². The first-order chi connectivity index (χ1) is 8.97. The molecule has 0 bridgehead atoms. The van der Waals surface area contributed by atoms with Gasteiger partial charge in [-0.2, -0.15) is 0 Å². The summed E-state index contributed by atoms with van der Waals surface area (Å²) in [6.45, 7) is 8.04. The van der Waals surface area contributed by atoms with Gasteiger partial charge in [-0.3, -0.25) is 10.3 Å². The Morgan fingerprint density at radius 2 is 2.21 bits per heavy atom. The Morgan fingerprint density at radius 1 is 1.42 bits per heavy atom. The molecule has 0 spiro atoms. The van der Waals surface area contributed by atoms with Crippen LogP contribution in [0.4, 0.5) is 9.93 Å². The maximum atomic E-state index is 12.1. The van der Waals surface area contributed by atoms with Crippen molar-refractivity contribution in [1.29, 1.82) is 0 Å². The molecule has 2 amide bonds. The summed E-state index contributed by atoms with van der Waals surface area (Å²) in [5.74, 6) is 0. The maximum absolute atomic E-state index is 12.1. The van der Waals surface area contributed by atoms with Crippen molar-refractivity contribution >= 4 is 22.5 Å². The molecule has 106 valence electrons. The minimum atomic E-state index is -0.114. The number of amides is 2. The van der Waals surface area contributed by atoms with Crippen molar-refractivity contribution in [2.24, 2.45) is 0 Å². The largest absolute Gasteiger partial charge is 0.337 e. The first-order valence-corrected chi connectivity index (χ1v) is 7.57. The van der Waals surface area contributed by atoms with Crippen molar-refractivity contribution in [3.63, 3.8) is 0 Å². The molecule has 0 aliphatic carbocycles. The molecule has 0 radical (unpaired) electrons. The quantitative estimate of drug-likeness (QED) is 0.832. The molecule has 6 heteroatoms. The van der Waals surface area contributed by atoms with Crippen molar-refractivity contribution in [3.05, 3.63) is 11.1 Å². The summed E-state index contributed by atoms with van der Waals surface area (Å²) in [5, 5.41) is 5.19. The highest BCUT2D eigenvalue weighted by Gasteiger charge is 2.20. The Bertz CT molecular complexity index is 430. The zero-order valence-electron chi connectivity index (χ0n) is 11.8. The Morgan fingerprint density at radius 3 is 2.89 bits per heavy atom. The number of urea groups is 1. The number of thiazole rings is 1. The Labute approximate surface area is 118 Å². The standard InChI is InChI=1S/C13H22N4OS/c1-13(2,3)10-9-14-11(19-10)16-12(18)17-8-6-4-5-7-15-17/h9,15H,4-8H2,1-3H3,(H,14,16,18). The summed E-state index contributed by atoms with van der Waals surface area (Å²) >= 11 is 1.54. The third-order valence-electron chi connectivity index (χ3n) is 3.07. The van der Waals surface area contributed by atoms with E-state index in [-0.39, 0.29) is 11.4 Å². The molecule has 0 saturated carbocycles. The van der Waals surface area contributed by atoms with Crippen molar-refractivity contribution in [2.75, 3.05) is 18.4 Å². The van der Waals surface area contributed by atoms with E-state index >= 15 is 0 Å². The predicted molar refractivity (Wildman–Crippen MR) is 78.4 cm³/mol. The van der Waals surface area contributed by atoms with Crippen LogP contribution in [0.2, 0.25) is 0 Å². The van der Waals surface area contributed by atoms with E-state index in [2.05, 4.69) is 36.5 Å². The van der Waals surface area contributed by atoms with E-state index in [9.17, 15) is 4.79 Å². The molecule has 1 saturated heterocycles. The Hall–Kier alpha value is -1.14. The number of anilines is 1. The van der Waals surface area contributed by atoms with Gasteiger partial charge >= 0.3 is 6.03 Å². The lowest BCUT2D eigenvalue weighted by atomic mass is 9.96. The Balaban J connectivity index is 1.96. The molecule has 0 aromatic carbocycles. The molecular weight excluding hydrogens is 260 g/mol. The second-order valence-electron chi connectivity index (χ2n) is 5.83. The normalized spacial score (nSPS) is 17.1. The summed E-state index contributed by atoms with van der Waals surface area (Å²) in [6, 6.07) is -0.114. The minimum absolute atomic E-state index is 0.0709. The van der Waals surface area contributed by atoms with Crippen molar-refractivity contribution in [3.8, 4) is 0 Å². The van der Waals surface area contributed by atoms with E-state index in [1.807, 2.05) is 6.20 Å². The summed E-state index contributed by atoms with van der Waals surface area (Å²) in [6.07, 6.45) is 5.18. The number of hydrazine groups is 1. The smallest absolute Gasteiger partial charge is 0.282 e. The first-order valence-electron chi connectivity index (χ1n) is 6.75. The highest BCUT2D eigenvalue weighted by molar-refractivity contribution is 7.15. The van der Waals surface area contributed by atoms with E-state index in [0.29, 0.717) is 5.13 Å². The molecule has 1 aromatic rings. The Kier molecular flexibility index (Phi) is 4.42. The van der Waals surface area contributed by atoms with Crippen LogP contribution < -0.4 is 10.7 Å². The lowest BCUT2D eigenvalue weighted by molar-refractivity contribution is 0.189.